The van der Waals surface area contributed by atoms with Crippen LogP contribution in [0.25, 0.3) is 11.1 Å². The molecule has 1 heterocycles. The Labute approximate surface area is 168 Å². The zero-order chi connectivity index (χ0) is 19.4. The third-order valence-corrected chi connectivity index (χ3v) is 5.21. The highest BCUT2D eigenvalue weighted by atomic mass is 35.5. The second kappa shape index (κ2) is 8.83. The fourth-order valence-electron chi connectivity index (χ4n) is 3.37. The van der Waals surface area contributed by atoms with Gasteiger partial charge in [-0.05, 0) is 74.8 Å². The monoisotopic (exact) mass is 408 g/mol. The Balaban J connectivity index is 1.68. The van der Waals surface area contributed by atoms with E-state index in [1.807, 2.05) is 0 Å². The molecule has 2 aromatic carbocycles. The number of halogens is 2. The first-order valence-corrected chi connectivity index (χ1v) is 9.61. The molecule has 0 aliphatic carbocycles. The maximum Gasteiger partial charge on any atom is 0.411 e. The lowest BCUT2D eigenvalue weighted by Gasteiger charge is -2.19. The van der Waals surface area contributed by atoms with Gasteiger partial charge in [0, 0.05) is 21.7 Å². The maximum atomic E-state index is 12.2. The Hall–Kier alpha value is -1.95. The van der Waals surface area contributed by atoms with Crippen LogP contribution in [0, 0.1) is 0 Å². The summed E-state index contributed by atoms with van der Waals surface area (Å²) in [6, 6.07) is 10.2. The Kier molecular flexibility index (Phi) is 6.47. The van der Waals surface area contributed by atoms with E-state index in [1.165, 1.54) is 12.5 Å². The van der Waals surface area contributed by atoms with Crippen molar-refractivity contribution in [2.45, 2.75) is 25.3 Å². The summed E-state index contributed by atoms with van der Waals surface area (Å²) in [5.74, 6) is 0.0734. The van der Waals surface area contributed by atoms with Gasteiger partial charge in [0.15, 0.2) is 0 Å². The summed E-state index contributed by atoms with van der Waals surface area (Å²) in [5, 5.41) is 13.5. The molecule has 0 spiro atoms. The minimum absolute atomic E-state index is 0.0734. The molecule has 144 valence electrons. The highest BCUT2D eigenvalue weighted by Gasteiger charge is 2.21. The highest BCUT2D eigenvalue weighted by molar-refractivity contribution is 6.35. The number of carbonyl (C=O) groups is 1. The van der Waals surface area contributed by atoms with E-state index in [1.54, 1.807) is 30.3 Å². The van der Waals surface area contributed by atoms with E-state index in [2.05, 4.69) is 17.3 Å². The van der Waals surface area contributed by atoms with Crippen LogP contribution in [0.5, 0.6) is 5.75 Å². The lowest BCUT2D eigenvalue weighted by molar-refractivity contribution is 0.147. The number of phenols is 1. The van der Waals surface area contributed by atoms with Gasteiger partial charge in [0.25, 0.3) is 0 Å². The van der Waals surface area contributed by atoms with E-state index in [0.717, 1.165) is 19.4 Å². The quantitative estimate of drug-likeness (QED) is 0.650. The molecule has 1 atom stereocenters. The van der Waals surface area contributed by atoms with Crippen molar-refractivity contribution in [3.05, 3.63) is 46.4 Å². The van der Waals surface area contributed by atoms with Crippen LogP contribution in [0.4, 0.5) is 10.5 Å². The first kappa shape index (κ1) is 19.8. The molecule has 1 fully saturated rings. The van der Waals surface area contributed by atoms with Gasteiger partial charge < -0.3 is 14.7 Å². The fourth-order valence-corrected chi connectivity index (χ4v) is 3.89. The number of benzene rings is 2. The summed E-state index contributed by atoms with van der Waals surface area (Å²) in [6.45, 7) is 1.45. The van der Waals surface area contributed by atoms with Crippen molar-refractivity contribution in [1.29, 1.82) is 0 Å². The van der Waals surface area contributed by atoms with Gasteiger partial charge in [0.1, 0.15) is 5.75 Å². The van der Waals surface area contributed by atoms with Gasteiger partial charge in [-0.1, -0.05) is 23.2 Å². The molecule has 27 heavy (non-hydrogen) atoms. The number of hydrogen-bond donors (Lipinski definition) is 2. The molecule has 2 aromatic rings. The van der Waals surface area contributed by atoms with Gasteiger partial charge in [-0.25, -0.2) is 4.79 Å². The Morgan fingerprint density at radius 1 is 1.26 bits per heavy atom. The van der Waals surface area contributed by atoms with Gasteiger partial charge in [-0.15, -0.1) is 0 Å². The molecule has 0 saturated carbocycles. The molecule has 1 saturated heterocycles. The number of phenolic OH excluding ortho intramolecular Hbond substituents is 1. The number of ether oxygens (including phenoxy) is 1. The molecule has 0 bridgehead atoms. The van der Waals surface area contributed by atoms with E-state index in [0.29, 0.717) is 39.5 Å². The third-order valence-electron chi connectivity index (χ3n) is 4.77. The normalized spacial score (nSPS) is 17.1. The number of anilines is 1. The summed E-state index contributed by atoms with van der Waals surface area (Å²) >= 11 is 12.2. The molecule has 1 unspecified atom stereocenters. The molecule has 1 amide bonds. The summed E-state index contributed by atoms with van der Waals surface area (Å²) in [5.41, 5.74) is 1.80. The largest absolute Gasteiger partial charge is 0.508 e. The van der Waals surface area contributed by atoms with E-state index in [-0.39, 0.29) is 5.75 Å². The number of hydrogen-bond acceptors (Lipinski definition) is 4. The van der Waals surface area contributed by atoms with Crippen molar-refractivity contribution in [3.8, 4) is 16.9 Å². The van der Waals surface area contributed by atoms with E-state index >= 15 is 0 Å². The van der Waals surface area contributed by atoms with Crippen molar-refractivity contribution in [2.75, 3.05) is 25.5 Å². The number of aromatic hydroxyl groups is 1. The van der Waals surface area contributed by atoms with Crippen LogP contribution in [0.1, 0.15) is 19.3 Å². The summed E-state index contributed by atoms with van der Waals surface area (Å²) in [6.07, 6.45) is 2.61. The van der Waals surface area contributed by atoms with Crippen LogP contribution in [-0.2, 0) is 4.74 Å². The van der Waals surface area contributed by atoms with Gasteiger partial charge in [0.05, 0.1) is 12.3 Å². The second-order valence-corrected chi connectivity index (χ2v) is 7.59. The minimum Gasteiger partial charge on any atom is -0.508 e. The van der Waals surface area contributed by atoms with Crippen LogP contribution in [-0.4, -0.2) is 42.3 Å². The number of rotatable bonds is 5. The topological polar surface area (TPSA) is 61.8 Å². The summed E-state index contributed by atoms with van der Waals surface area (Å²) in [4.78, 5) is 14.5. The Morgan fingerprint density at radius 2 is 2.00 bits per heavy atom. The number of carbonyl (C=O) groups excluding carboxylic acids is 1. The van der Waals surface area contributed by atoms with E-state index < -0.39 is 6.09 Å². The van der Waals surface area contributed by atoms with Gasteiger partial charge in [-0.3, -0.25) is 5.32 Å². The zero-order valence-electron chi connectivity index (χ0n) is 15.0. The lowest BCUT2D eigenvalue weighted by atomic mass is 10.0. The molecule has 7 heteroatoms. The second-order valence-electron chi connectivity index (χ2n) is 6.71. The molecule has 0 aromatic heterocycles. The number of amides is 1. The van der Waals surface area contributed by atoms with Crippen molar-refractivity contribution in [3.63, 3.8) is 0 Å². The molecular weight excluding hydrogens is 387 g/mol. The van der Waals surface area contributed by atoms with Crippen molar-refractivity contribution in [1.82, 2.24) is 4.90 Å². The van der Waals surface area contributed by atoms with Crippen LogP contribution in [0.15, 0.2) is 36.4 Å². The average molecular weight is 409 g/mol. The highest BCUT2D eigenvalue weighted by Crippen LogP contribution is 2.34. The Bertz CT molecular complexity index is 809. The maximum absolute atomic E-state index is 12.2. The average Bonchev–Trinajstić information content (AvgIpc) is 3.01. The zero-order valence-corrected chi connectivity index (χ0v) is 16.6. The number of likely N-dealkylation sites (tertiary alicyclic amines) is 1. The molecule has 1 aliphatic rings. The molecule has 2 N–H and O–H groups in total. The lowest BCUT2D eigenvalue weighted by Crippen LogP contribution is -2.27. The molecule has 5 nitrogen and oxygen atoms in total. The minimum atomic E-state index is -0.532. The third kappa shape index (κ3) is 5.28. The standard InChI is InChI=1S/C20H22Cl2N2O3/c1-24-7-2-3-16(24)6-8-27-20(26)23-19-5-4-17(25)12-18(19)13-9-14(21)11-15(22)10-13/h4-5,9-12,16,25H,2-3,6-8H2,1H3,(H,23,26). The predicted molar refractivity (Wildman–Crippen MR) is 109 cm³/mol. The first-order chi connectivity index (χ1) is 12.9. The summed E-state index contributed by atoms with van der Waals surface area (Å²) < 4.78 is 5.33. The van der Waals surface area contributed by atoms with E-state index in [4.69, 9.17) is 27.9 Å². The molecule has 3 rings (SSSR count). The predicted octanol–water partition coefficient (Wildman–Crippen LogP) is 5.40. The number of nitrogens with one attached hydrogen (secondary N) is 1. The van der Waals surface area contributed by atoms with Crippen molar-refractivity contribution < 1.29 is 14.6 Å². The summed E-state index contributed by atoms with van der Waals surface area (Å²) in [7, 11) is 2.09. The molecule has 0 radical (unpaired) electrons. The van der Waals surface area contributed by atoms with Crippen LogP contribution < -0.4 is 5.32 Å². The number of nitrogens with zero attached hydrogens (tertiary/aromatic N) is 1. The van der Waals surface area contributed by atoms with Crippen LogP contribution >= 0.6 is 23.2 Å². The molecular formula is C20H22Cl2N2O3. The van der Waals surface area contributed by atoms with Crippen LogP contribution in [0.3, 0.4) is 0 Å². The van der Waals surface area contributed by atoms with E-state index in [9.17, 15) is 9.90 Å². The first-order valence-electron chi connectivity index (χ1n) is 8.86. The van der Waals surface area contributed by atoms with Crippen LogP contribution in [0.2, 0.25) is 10.0 Å². The van der Waals surface area contributed by atoms with Crippen molar-refractivity contribution >= 4 is 35.0 Å². The van der Waals surface area contributed by atoms with Gasteiger partial charge >= 0.3 is 6.09 Å². The van der Waals surface area contributed by atoms with Gasteiger partial charge in [-0.2, -0.15) is 0 Å². The van der Waals surface area contributed by atoms with Crippen molar-refractivity contribution in [2.24, 2.45) is 0 Å². The smallest absolute Gasteiger partial charge is 0.411 e. The molecule has 1 aliphatic heterocycles. The van der Waals surface area contributed by atoms with Gasteiger partial charge in [0.2, 0.25) is 0 Å². The fraction of sp³-hybridized carbons (Fsp3) is 0.350. The SMILES string of the molecule is CN1CCCC1CCOC(=O)Nc1ccc(O)cc1-c1cc(Cl)cc(Cl)c1. The Morgan fingerprint density at radius 3 is 2.67 bits per heavy atom.